The maximum Gasteiger partial charge on any atom is 0.239 e. The molecule has 0 aromatic rings. The van der Waals surface area contributed by atoms with Crippen LogP contribution in [0.3, 0.4) is 0 Å². The van der Waals surface area contributed by atoms with Gasteiger partial charge >= 0.3 is 0 Å². The van der Waals surface area contributed by atoms with Gasteiger partial charge in [0.2, 0.25) is 5.91 Å². The number of hydrogen-bond donors (Lipinski definition) is 1. The van der Waals surface area contributed by atoms with Gasteiger partial charge in [0.15, 0.2) is 0 Å². The predicted octanol–water partition coefficient (Wildman–Crippen LogP) is 1.40. The summed E-state index contributed by atoms with van der Waals surface area (Å²) < 4.78 is 5.19. The van der Waals surface area contributed by atoms with Crippen molar-refractivity contribution in [3.8, 4) is 0 Å². The summed E-state index contributed by atoms with van der Waals surface area (Å²) in [5, 5.41) is 3.43. The molecule has 0 spiro atoms. The summed E-state index contributed by atoms with van der Waals surface area (Å²) in [6.45, 7) is 4.81. The summed E-state index contributed by atoms with van der Waals surface area (Å²) in [7, 11) is 1.75. The zero-order valence-corrected chi connectivity index (χ0v) is 11.7. The van der Waals surface area contributed by atoms with Crippen LogP contribution in [0.4, 0.5) is 0 Å². The second kappa shape index (κ2) is 6.53. The number of ether oxygens (including phenoxy) is 1. The molecule has 0 radical (unpaired) electrons. The summed E-state index contributed by atoms with van der Waals surface area (Å²) in [6, 6.07) is 0.548. The number of carbonyl (C=O) groups excluding carboxylic acids is 1. The lowest BCUT2D eigenvalue weighted by molar-refractivity contribution is -0.136. The maximum atomic E-state index is 12.4. The zero-order valence-electron chi connectivity index (χ0n) is 11.7. The van der Waals surface area contributed by atoms with Gasteiger partial charge in [-0.05, 0) is 44.9 Å². The van der Waals surface area contributed by atoms with Crippen LogP contribution in [-0.2, 0) is 9.53 Å². The lowest BCUT2D eigenvalue weighted by atomic mass is 9.95. The van der Waals surface area contributed by atoms with Gasteiger partial charge in [-0.1, -0.05) is 0 Å². The molecular formula is C14H26N2O2. The summed E-state index contributed by atoms with van der Waals surface area (Å²) in [5.74, 6) is 0.953. The lowest BCUT2D eigenvalue weighted by Gasteiger charge is -2.36. The normalized spacial score (nSPS) is 30.4. The minimum Gasteiger partial charge on any atom is -0.384 e. The summed E-state index contributed by atoms with van der Waals surface area (Å²) >= 11 is 0. The molecule has 2 atom stereocenters. The number of piperidine rings is 2. The van der Waals surface area contributed by atoms with Gasteiger partial charge in [-0.3, -0.25) is 4.79 Å². The first-order valence-corrected chi connectivity index (χ1v) is 7.24. The van der Waals surface area contributed by atoms with Crippen LogP contribution in [0.15, 0.2) is 0 Å². The molecule has 18 heavy (non-hydrogen) atoms. The molecule has 2 aliphatic rings. The standard InChI is InChI=1S/C14H26N2O2/c1-11-4-3-5-13(15-11)14(17)16-8-6-12(7-9-16)10-18-2/h11-13,15H,3-10H2,1-2H3. The molecular weight excluding hydrogens is 228 g/mol. The van der Waals surface area contributed by atoms with Crippen molar-refractivity contribution in [1.29, 1.82) is 0 Å². The van der Waals surface area contributed by atoms with Crippen LogP contribution < -0.4 is 5.32 Å². The molecule has 0 aromatic carbocycles. The summed E-state index contributed by atoms with van der Waals surface area (Å²) in [6.07, 6.45) is 5.54. The summed E-state index contributed by atoms with van der Waals surface area (Å²) in [5.41, 5.74) is 0. The Balaban J connectivity index is 1.80. The third-order valence-corrected chi connectivity index (χ3v) is 4.24. The monoisotopic (exact) mass is 254 g/mol. The molecule has 1 N–H and O–H groups in total. The summed E-state index contributed by atoms with van der Waals surface area (Å²) in [4.78, 5) is 14.4. The van der Waals surface area contributed by atoms with Crippen molar-refractivity contribution in [2.24, 2.45) is 5.92 Å². The van der Waals surface area contributed by atoms with Gasteiger partial charge in [0.05, 0.1) is 6.04 Å². The van der Waals surface area contributed by atoms with Crippen LogP contribution in [0.2, 0.25) is 0 Å². The number of likely N-dealkylation sites (tertiary alicyclic amines) is 1. The molecule has 0 saturated carbocycles. The number of methoxy groups -OCH3 is 1. The minimum atomic E-state index is 0.0627. The Morgan fingerprint density at radius 1 is 1.28 bits per heavy atom. The Morgan fingerprint density at radius 2 is 2.00 bits per heavy atom. The smallest absolute Gasteiger partial charge is 0.239 e. The Hall–Kier alpha value is -0.610. The van der Waals surface area contributed by atoms with Crippen molar-refractivity contribution in [2.45, 2.75) is 51.1 Å². The van der Waals surface area contributed by atoms with E-state index in [2.05, 4.69) is 12.2 Å². The highest BCUT2D eigenvalue weighted by molar-refractivity contribution is 5.82. The molecule has 2 unspecified atom stereocenters. The average molecular weight is 254 g/mol. The molecule has 2 saturated heterocycles. The third-order valence-electron chi connectivity index (χ3n) is 4.24. The van der Waals surface area contributed by atoms with Crippen LogP contribution >= 0.6 is 0 Å². The Kier molecular flexibility index (Phi) is 5.01. The molecule has 2 heterocycles. The van der Waals surface area contributed by atoms with Crippen LogP contribution in [0.1, 0.15) is 39.0 Å². The van der Waals surface area contributed by atoms with E-state index in [0.717, 1.165) is 39.0 Å². The highest BCUT2D eigenvalue weighted by Crippen LogP contribution is 2.20. The van der Waals surface area contributed by atoms with Gasteiger partial charge < -0.3 is 15.0 Å². The highest BCUT2D eigenvalue weighted by atomic mass is 16.5. The van der Waals surface area contributed by atoms with Crippen LogP contribution in [0.5, 0.6) is 0 Å². The maximum absolute atomic E-state index is 12.4. The molecule has 104 valence electrons. The van der Waals surface area contributed by atoms with E-state index >= 15 is 0 Å². The Morgan fingerprint density at radius 3 is 2.61 bits per heavy atom. The quantitative estimate of drug-likeness (QED) is 0.828. The first kappa shape index (κ1) is 13.8. The topological polar surface area (TPSA) is 41.6 Å². The fraction of sp³-hybridized carbons (Fsp3) is 0.929. The highest BCUT2D eigenvalue weighted by Gasteiger charge is 2.30. The number of hydrogen-bond acceptors (Lipinski definition) is 3. The van der Waals surface area contributed by atoms with Crippen molar-refractivity contribution in [3.63, 3.8) is 0 Å². The van der Waals surface area contributed by atoms with Crippen LogP contribution in [0.25, 0.3) is 0 Å². The van der Waals surface area contributed by atoms with Gasteiger partial charge in [0.1, 0.15) is 0 Å². The SMILES string of the molecule is COCC1CCN(C(=O)C2CCCC(C)N2)CC1. The van der Waals surface area contributed by atoms with Crippen molar-refractivity contribution in [3.05, 3.63) is 0 Å². The molecule has 1 amide bonds. The van der Waals surface area contributed by atoms with Crippen LogP contribution in [0, 0.1) is 5.92 Å². The first-order valence-electron chi connectivity index (χ1n) is 7.24. The lowest BCUT2D eigenvalue weighted by Crippen LogP contribution is -2.53. The number of carbonyl (C=O) groups is 1. The molecule has 2 fully saturated rings. The fourth-order valence-electron chi connectivity index (χ4n) is 3.11. The van der Waals surface area contributed by atoms with E-state index in [1.807, 2.05) is 4.90 Å². The fourth-order valence-corrected chi connectivity index (χ4v) is 3.11. The van der Waals surface area contributed by atoms with Crippen LogP contribution in [-0.4, -0.2) is 49.7 Å². The molecule has 0 aliphatic carbocycles. The van der Waals surface area contributed by atoms with Gasteiger partial charge in [0, 0.05) is 32.8 Å². The molecule has 2 aliphatic heterocycles. The largest absolute Gasteiger partial charge is 0.384 e. The zero-order chi connectivity index (χ0) is 13.0. The Bertz CT molecular complexity index is 275. The van der Waals surface area contributed by atoms with Gasteiger partial charge in [0.25, 0.3) is 0 Å². The van der Waals surface area contributed by atoms with Crippen molar-refractivity contribution < 1.29 is 9.53 Å². The minimum absolute atomic E-state index is 0.0627. The first-order chi connectivity index (χ1) is 8.70. The van der Waals surface area contributed by atoms with E-state index in [-0.39, 0.29) is 6.04 Å². The Labute approximate surface area is 110 Å². The second-order valence-electron chi connectivity index (χ2n) is 5.78. The number of nitrogens with one attached hydrogen (secondary N) is 1. The number of rotatable bonds is 3. The number of nitrogens with zero attached hydrogens (tertiary/aromatic N) is 1. The third kappa shape index (κ3) is 3.45. The van der Waals surface area contributed by atoms with E-state index in [0.29, 0.717) is 17.9 Å². The van der Waals surface area contributed by atoms with E-state index in [9.17, 15) is 4.79 Å². The van der Waals surface area contributed by atoms with E-state index in [1.54, 1.807) is 7.11 Å². The van der Waals surface area contributed by atoms with Crippen molar-refractivity contribution in [2.75, 3.05) is 26.8 Å². The van der Waals surface area contributed by atoms with E-state index < -0.39 is 0 Å². The molecule has 4 heteroatoms. The number of amides is 1. The van der Waals surface area contributed by atoms with Gasteiger partial charge in [-0.2, -0.15) is 0 Å². The predicted molar refractivity (Wildman–Crippen MR) is 71.4 cm³/mol. The van der Waals surface area contributed by atoms with Gasteiger partial charge in [-0.15, -0.1) is 0 Å². The molecule has 0 bridgehead atoms. The van der Waals surface area contributed by atoms with E-state index in [4.69, 9.17) is 4.74 Å². The van der Waals surface area contributed by atoms with Crippen molar-refractivity contribution >= 4 is 5.91 Å². The van der Waals surface area contributed by atoms with Gasteiger partial charge in [-0.25, -0.2) is 0 Å². The molecule has 0 aromatic heterocycles. The molecule has 2 rings (SSSR count). The van der Waals surface area contributed by atoms with E-state index in [1.165, 1.54) is 12.8 Å². The molecule has 4 nitrogen and oxygen atoms in total. The average Bonchev–Trinajstić information content (AvgIpc) is 2.39. The van der Waals surface area contributed by atoms with Crippen molar-refractivity contribution in [1.82, 2.24) is 10.2 Å². The second-order valence-corrected chi connectivity index (χ2v) is 5.78.